The maximum absolute atomic E-state index is 12.8. The molecular weight excluding hydrogens is 512 g/mol. The third kappa shape index (κ3) is 7.80. The van der Waals surface area contributed by atoms with Crippen LogP contribution in [0.1, 0.15) is 66.6 Å². The highest BCUT2D eigenvalue weighted by Gasteiger charge is 2.21. The van der Waals surface area contributed by atoms with Crippen LogP contribution < -0.4 is 19.5 Å². The Labute approximate surface area is 233 Å². The van der Waals surface area contributed by atoms with Gasteiger partial charge in [0.05, 0.1) is 7.11 Å². The standard InChI is InChI=1S/C30H34N4O4S/c1-4-21-14-20(2)15-25(17-21)37-12-13-38-26-11-10-22(18-27(26)36-3)16-24(19-31)28(35)32-30-34-33-29(39-30)23-8-6-5-7-9-23/h10-11,14-18,23H,4-9,12-13H2,1-3H3,(H,32,34,35). The molecule has 1 N–H and O–H groups in total. The van der Waals surface area contributed by atoms with Gasteiger partial charge in [0.2, 0.25) is 5.13 Å². The smallest absolute Gasteiger partial charge is 0.268 e. The van der Waals surface area contributed by atoms with Crippen LogP contribution in [0.5, 0.6) is 17.2 Å². The van der Waals surface area contributed by atoms with E-state index in [9.17, 15) is 10.1 Å². The topological polar surface area (TPSA) is 106 Å². The molecule has 4 rings (SSSR count). The Morgan fingerprint density at radius 3 is 2.64 bits per heavy atom. The number of aromatic nitrogens is 2. The van der Waals surface area contributed by atoms with Crippen LogP contribution in [0.25, 0.3) is 6.08 Å². The highest BCUT2D eigenvalue weighted by molar-refractivity contribution is 7.15. The average molecular weight is 547 g/mol. The summed E-state index contributed by atoms with van der Waals surface area (Å²) < 4.78 is 17.2. The molecule has 1 aliphatic rings. The number of methoxy groups -OCH3 is 1. The van der Waals surface area contributed by atoms with E-state index in [0.29, 0.717) is 41.3 Å². The monoisotopic (exact) mass is 546 g/mol. The number of aryl methyl sites for hydroxylation is 2. The number of rotatable bonds is 11. The van der Waals surface area contributed by atoms with Gasteiger partial charge in [-0.25, -0.2) is 0 Å². The lowest BCUT2D eigenvalue weighted by Gasteiger charge is -2.18. The molecule has 0 atom stereocenters. The van der Waals surface area contributed by atoms with Crippen molar-refractivity contribution in [2.24, 2.45) is 0 Å². The Bertz CT molecular complexity index is 1360. The van der Waals surface area contributed by atoms with Gasteiger partial charge in [-0.05, 0) is 73.2 Å². The fourth-order valence-corrected chi connectivity index (χ4v) is 5.50. The molecule has 0 aliphatic heterocycles. The normalized spacial score (nSPS) is 13.9. The molecule has 8 nitrogen and oxygen atoms in total. The van der Waals surface area contributed by atoms with Crippen LogP contribution in [0, 0.1) is 18.3 Å². The Balaban J connectivity index is 1.35. The molecule has 0 unspecified atom stereocenters. The Morgan fingerprint density at radius 2 is 1.90 bits per heavy atom. The van der Waals surface area contributed by atoms with Gasteiger partial charge in [-0.1, -0.05) is 49.7 Å². The highest BCUT2D eigenvalue weighted by Crippen LogP contribution is 2.35. The molecule has 1 saturated carbocycles. The lowest BCUT2D eigenvalue weighted by molar-refractivity contribution is -0.112. The molecule has 3 aromatic rings. The van der Waals surface area contributed by atoms with Crippen LogP contribution in [0.15, 0.2) is 42.0 Å². The average Bonchev–Trinajstić information content (AvgIpc) is 3.42. The zero-order chi connectivity index (χ0) is 27.6. The highest BCUT2D eigenvalue weighted by atomic mass is 32.1. The Hall–Kier alpha value is -3.90. The van der Waals surface area contributed by atoms with Crippen molar-refractivity contribution >= 4 is 28.5 Å². The summed E-state index contributed by atoms with van der Waals surface area (Å²) in [7, 11) is 1.54. The molecule has 9 heteroatoms. The first-order valence-electron chi connectivity index (χ1n) is 13.3. The van der Waals surface area contributed by atoms with E-state index in [4.69, 9.17) is 14.2 Å². The van der Waals surface area contributed by atoms with E-state index in [1.807, 2.05) is 18.2 Å². The van der Waals surface area contributed by atoms with Crippen LogP contribution in [-0.4, -0.2) is 36.4 Å². The number of hydrogen-bond donors (Lipinski definition) is 1. The Kier molecular flexibility index (Phi) is 9.92. The lowest BCUT2D eigenvalue weighted by Crippen LogP contribution is -2.13. The van der Waals surface area contributed by atoms with Gasteiger partial charge in [0.1, 0.15) is 35.6 Å². The number of carbonyl (C=O) groups excluding carboxylic acids is 1. The van der Waals surface area contributed by atoms with E-state index >= 15 is 0 Å². The fraction of sp³-hybridized carbons (Fsp3) is 0.400. The quantitative estimate of drug-likeness (QED) is 0.167. The molecule has 1 aliphatic carbocycles. The summed E-state index contributed by atoms with van der Waals surface area (Å²) in [4.78, 5) is 12.8. The number of benzene rings is 2. The summed E-state index contributed by atoms with van der Waals surface area (Å²) in [6, 6.07) is 13.4. The first-order chi connectivity index (χ1) is 19.0. The summed E-state index contributed by atoms with van der Waals surface area (Å²) in [6.07, 6.45) is 8.32. The summed E-state index contributed by atoms with van der Waals surface area (Å²) in [5.74, 6) is 1.74. The van der Waals surface area contributed by atoms with Crippen LogP contribution in [0.2, 0.25) is 0 Å². The van der Waals surface area contributed by atoms with Crippen LogP contribution in [-0.2, 0) is 11.2 Å². The molecule has 0 radical (unpaired) electrons. The SMILES string of the molecule is CCc1cc(C)cc(OCCOc2ccc(C=C(C#N)C(=O)Nc3nnc(C4CCCCC4)s3)cc2OC)c1. The van der Waals surface area contributed by atoms with Crippen LogP contribution in [0.3, 0.4) is 0 Å². The molecule has 2 aromatic carbocycles. The zero-order valence-electron chi connectivity index (χ0n) is 22.7. The maximum Gasteiger partial charge on any atom is 0.268 e. The first kappa shape index (κ1) is 28.1. The van der Waals surface area contributed by atoms with Crippen molar-refractivity contribution in [3.05, 3.63) is 63.7 Å². The van der Waals surface area contributed by atoms with E-state index in [1.54, 1.807) is 25.3 Å². The third-order valence-corrected chi connectivity index (χ3v) is 7.61. The Morgan fingerprint density at radius 1 is 1.10 bits per heavy atom. The molecule has 1 aromatic heterocycles. The number of amides is 1. The van der Waals surface area contributed by atoms with Gasteiger partial charge in [0.15, 0.2) is 11.5 Å². The number of hydrogen-bond acceptors (Lipinski definition) is 8. The van der Waals surface area contributed by atoms with Crippen molar-refractivity contribution in [3.8, 4) is 23.3 Å². The summed E-state index contributed by atoms with van der Waals surface area (Å²) in [5, 5.41) is 22.1. The largest absolute Gasteiger partial charge is 0.493 e. The number of carbonyl (C=O) groups is 1. The van der Waals surface area contributed by atoms with Gasteiger partial charge in [0, 0.05) is 5.92 Å². The molecule has 0 spiro atoms. The minimum Gasteiger partial charge on any atom is -0.493 e. The van der Waals surface area contributed by atoms with Gasteiger partial charge in [-0.2, -0.15) is 5.26 Å². The summed E-state index contributed by atoms with van der Waals surface area (Å²) in [5.41, 5.74) is 2.98. The third-order valence-electron chi connectivity index (χ3n) is 6.61. The predicted molar refractivity (Wildman–Crippen MR) is 152 cm³/mol. The van der Waals surface area contributed by atoms with Gasteiger partial charge >= 0.3 is 0 Å². The van der Waals surface area contributed by atoms with Gasteiger partial charge in [-0.15, -0.1) is 10.2 Å². The lowest BCUT2D eigenvalue weighted by atomic mass is 9.90. The second kappa shape index (κ2) is 13.8. The zero-order valence-corrected chi connectivity index (χ0v) is 23.5. The summed E-state index contributed by atoms with van der Waals surface area (Å²) >= 11 is 1.38. The van der Waals surface area contributed by atoms with Crippen molar-refractivity contribution in [3.63, 3.8) is 0 Å². The predicted octanol–water partition coefficient (Wildman–Crippen LogP) is 6.47. The van der Waals surface area contributed by atoms with Crippen molar-refractivity contribution < 1.29 is 19.0 Å². The fourth-order valence-electron chi connectivity index (χ4n) is 4.60. The number of anilines is 1. The maximum atomic E-state index is 12.8. The second-order valence-corrected chi connectivity index (χ2v) is 10.5. The van der Waals surface area contributed by atoms with Gasteiger partial charge < -0.3 is 14.2 Å². The van der Waals surface area contributed by atoms with E-state index in [-0.39, 0.29) is 5.57 Å². The number of nitriles is 1. The number of ether oxygens (including phenoxy) is 3. The van der Waals surface area contributed by atoms with E-state index in [2.05, 4.69) is 35.4 Å². The molecular formula is C30H34N4O4S. The van der Waals surface area contributed by atoms with E-state index in [0.717, 1.165) is 35.6 Å². The summed E-state index contributed by atoms with van der Waals surface area (Å²) in [6.45, 7) is 4.88. The molecule has 39 heavy (non-hydrogen) atoms. The van der Waals surface area contributed by atoms with Gasteiger partial charge in [-0.3, -0.25) is 10.1 Å². The van der Waals surface area contributed by atoms with Crippen molar-refractivity contribution in [1.29, 1.82) is 5.26 Å². The second-order valence-electron chi connectivity index (χ2n) is 9.52. The van der Waals surface area contributed by atoms with Gasteiger partial charge in [0.25, 0.3) is 5.91 Å². The molecule has 1 amide bonds. The minimum absolute atomic E-state index is 0.0434. The van der Waals surface area contributed by atoms with Crippen LogP contribution in [0.4, 0.5) is 5.13 Å². The van der Waals surface area contributed by atoms with E-state index < -0.39 is 5.91 Å². The van der Waals surface area contributed by atoms with Crippen LogP contribution >= 0.6 is 11.3 Å². The molecule has 1 heterocycles. The van der Waals surface area contributed by atoms with E-state index in [1.165, 1.54) is 42.2 Å². The van der Waals surface area contributed by atoms with Crippen molar-refractivity contribution in [2.45, 2.75) is 58.3 Å². The molecule has 0 bridgehead atoms. The molecule has 0 saturated heterocycles. The number of nitrogens with one attached hydrogen (secondary N) is 1. The first-order valence-corrected chi connectivity index (χ1v) is 14.1. The molecule has 1 fully saturated rings. The number of nitrogens with zero attached hydrogens (tertiary/aromatic N) is 3. The molecule has 204 valence electrons. The minimum atomic E-state index is -0.525. The van der Waals surface area contributed by atoms with Crippen molar-refractivity contribution in [2.75, 3.05) is 25.6 Å². The van der Waals surface area contributed by atoms with Crippen molar-refractivity contribution in [1.82, 2.24) is 10.2 Å².